The van der Waals surface area contributed by atoms with Gasteiger partial charge in [-0.25, -0.2) is 0 Å². The molecule has 0 spiro atoms. The highest BCUT2D eigenvalue weighted by molar-refractivity contribution is 9.12. The maximum absolute atomic E-state index is 13.0. The topological polar surface area (TPSA) is 112 Å². The van der Waals surface area contributed by atoms with Crippen molar-refractivity contribution >= 4 is 55.2 Å². The lowest BCUT2D eigenvalue weighted by atomic mass is 9.59. The molecule has 2 N–H and O–H groups in total. The summed E-state index contributed by atoms with van der Waals surface area (Å²) in [4.78, 5) is 51.1. The van der Waals surface area contributed by atoms with Crippen LogP contribution >= 0.6 is 31.9 Å². The third kappa shape index (κ3) is 2.86. The Kier molecular flexibility index (Phi) is 4.69. The molecule has 5 rings (SSSR count). The van der Waals surface area contributed by atoms with Gasteiger partial charge in [-0.15, -0.1) is 0 Å². The monoisotopic (exact) mass is 547 g/mol. The van der Waals surface area contributed by atoms with Crippen molar-refractivity contribution in [2.24, 2.45) is 17.8 Å². The first-order valence-electron chi connectivity index (χ1n) is 9.65. The number of phenols is 1. The van der Waals surface area contributed by atoms with Gasteiger partial charge >= 0.3 is 0 Å². The fourth-order valence-electron chi connectivity index (χ4n) is 5.30. The molecule has 1 heterocycles. The van der Waals surface area contributed by atoms with E-state index in [4.69, 9.17) is 0 Å². The van der Waals surface area contributed by atoms with Crippen LogP contribution in [0.5, 0.6) is 5.75 Å². The number of hydroxylamine groups is 2. The largest absolute Gasteiger partial charge is 0.508 e. The number of hydrogen-bond acceptors (Lipinski definition) is 6. The van der Waals surface area contributed by atoms with Crippen LogP contribution in [0, 0.1) is 17.8 Å². The van der Waals surface area contributed by atoms with E-state index in [0.29, 0.717) is 15.6 Å². The first kappa shape index (κ1) is 20.5. The third-order valence-corrected chi connectivity index (χ3v) is 7.69. The molecule has 1 aliphatic heterocycles. The highest BCUT2D eigenvalue weighted by Crippen LogP contribution is 2.56. The standard InChI is InChI=1S/C22H15Br2NO6/c23-8-1-4-15(26)12(5-8)17-9-2-3-10-18(22(30)25(31)21(10)29)11(9)6-13-19(17)16(27)7-14(24)20(13)28/h1-2,4-5,7,10-11,17-18,26,31H,3,6H2/t10-,11+,17+,18-/m0/s1. The van der Waals surface area contributed by atoms with E-state index in [1.165, 1.54) is 12.1 Å². The molecule has 0 bridgehead atoms. The van der Waals surface area contributed by atoms with Crippen LogP contribution in [0.1, 0.15) is 24.3 Å². The number of hydrogen-bond donors (Lipinski definition) is 2. The van der Waals surface area contributed by atoms with Crippen molar-refractivity contribution in [1.82, 2.24) is 5.06 Å². The first-order valence-corrected chi connectivity index (χ1v) is 11.2. The van der Waals surface area contributed by atoms with Crippen molar-refractivity contribution < 1.29 is 29.5 Å². The second-order valence-electron chi connectivity index (χ2n) is 8.09. The Labute approximate surface area is 193 Å². The lowest BCUT2D eigenvalue weighted by Gasteiger charge is -2.42. The van der Waals surface area contributed by atoms with Gasteiger partial charge in [0.05, 0.1) is 16.3 Å². The summed E-state index contributed by atoms with van der Waals surface area (Å²) in [7, 11) is 0. The van der Waals surface area contributed by atoms with Gasteiger partial charge < -0.3 is 5.11 Å². The number of carbonyl (C=O) groups is 4. The van der Waals surface area contributed by atoms with Gasteiger partial charge in [0.25, 0.3) is 11.8 Å². The Morgan fingerprint density at radius 2 is 1.77 bits per heavy atom. The Morgan fingerprint density at radius 3 is 2.52 bits per heavy atom. The number of allylic oxidation sites excluding steroid dienone is 6. The zero-order valence-electron chi connectivity index (χ0n) is 15.8. The number of benzene rings is 1. The molecule has 0 saturated carbocycles. The van der Waals surface area contributed by atoms with Crippen LogP contribution in [-0.4, -0.2) is 38.8 Å². The molecule has 4 aliphatic rings. The number of Topliss-reactive ketones (excluding diaryl/α,β-unsaturated/α-hetero) is 1. The van der Waals surface area contributed by atoms with E-state index in [2.05, 4.69) is 31.9 Å². The number of halogens is 2. The summed E-state index contributed by atoms with van der Waals surface area (Å²) in [6.07, 6.45) is 3.38. The molecule has 31 heavy (non-hydrogen) atoms. The molecule has 0 aromatic heterocycles. The Bertz CT molecular complexity index is 1200. The molecule has 1 saturated heterocycles. The van der Waals surface area contributed by atoms with Crippen molar-refractivity contribution in [3.05, 3.63) is 61.6 Å². The van der Waals surface area contributed by atoms with Gasteiger partial charge in [-0.05, 0) is 52.9 Å². The van der Waals surface area contributed by atoms with E-state index in [1.54, 1.807) is 12.1 Å². The van der Waals surface area contributed by atoms with Crippen molar-refractivity contribution in [3.63, 3.8) is 0 Å². The second kappa shape index (κ2) is 7.08. The Hall–Kier alpha value is -2.36. The zero-order chi connectivity index (χ0) is 22.2. The lowest BCUT2D eigenvalue weighted by molar-refractivity contribution is -0.173. The number of aromatic hydroxyl groups is 1. The number of rotatable bonds is 1. The molecular formula is C22H15Br2NO6. The van der Waals surface area contributed by atoms with Crippen LogP contribution < -0.4 is 0 Å². The van der Waals surface area contributed by atoms with E-state index in [0.717, 1.165) is 0 Å². The predicted octanol–water partition coefficient (Wildman–Crippen LogP) is 3.31. The number of nitrogens with zero attached hydrogens (tertiary/aromatic N) is 1. The molecule has 9 heteroatoms. The number of carbonyl (C=O) groups excluding carboxylic acids is 4. The van der Waals surface area contributed by atoms with Crippen LogP contribution in [0.2, 0.25) is 0 Å². The van der Waals surface area contributed by atoms with Crippen molar-refractivity contribution in [2.45, 2.75) is 18.8 Å². The molecule has 158 valence electrons. The average molecular weight is 549 g/mol. The first-order chi connectivity index (χ1) is 14.7. The summed E-state index contributed by atoms with van der Waals surface area (Å²) in [6.45, 7) is 0. The van der Waals surface area contributed by atoms with E-state index >= 15 is 0 Å². The molecule has 1 fully saturated rings. The highest BCUT2D eigenvalue weighted by atomic mass is 79.9. The zero-order valence-corrected chi connectivity index (χ0v) is 19.0. The molecule has 0 radical (unpaired) electrons. The summed E-state index contributed by atoms with van der Waals surface area (Å²) in [5, 5.41) is 20.7. The maximum Gasteiger partial charge on any atom is 0.257 e. The normalized spacial score (nSPS) is 30.1. The number of imide groups is 1. The fraction of sp³-hybridized carbons (Fsp3) is 0.273. The average Bonchev–Trinajstić information content (AvgIpc) is 2.96. The number of fused-ring (bicyclic) bond motifs is 3. The highest BCUT2D eigenvalue weighted by Gasteiger charge is 2.56. The second-order valence-corrected chi connectivity index (χ2v) is 9.86. The smallest absolute Gasteiger partial charge is 0.257 e. The van der Waals surface area contributed by atoms with E-state index < -0.39 is 35.5 Å². The van der Waals surface area contributed by atoms with E-state index in [-0.39, 0.29) is 50.8 Å². The predicted molar refractivity (Wildman–Crippen MR) is 114 cm³/mol. The van der Waals surface area contributed by atoms with Crippen LogP contribution in [0.4, 0.5) is 0 Å². The summed E-state index contributed by atoms with van der Waals surface area (Å²) < 4.78 is 0.810. The molecule has 2 amide bonds. The van der Waals surface area contributed by atoms with Crippen molar-refractivity contribution in [2.75, 3.05) is 0 Å². The van der Waals surface area contributed by atoms with Gasteiger partial charge in [0.1, 0.15) is 5.75 Å². The number of phenolic OH excluding ortho intramolecular Hbond substituents is 1. The minimum atomic E-state index is -0.823. The van der Waals surface area contributed by atoms with Crippen LogP contribution in [0.25, 0.3) is 0 Å². The Balaban J connectivity index is 1.75. The Morgan fingerprint density at radius 1 is 1.03 bits per heavy atom. The molecule has 4 atom stereocenters. The SMILES string of the molecule is O=C1C=C(Br)C(=O)C2=C1[C@@H](c1cc(Br)ccc1O)C1=CC[C@@H]3C(=O)N(O)C(=O)[C@@H]3[C@@H]1C2. The minimum Gasteiger partial charge on any atom is -0.508 e. The maximum atomic E-state index is 13.0. The fourth-order valence-corrected chi connectivity index (χ4v) is 6.13. The van der Waals surface area contributed by atoms with Gasteiger partial charge in [0, 0.05) is 33.2 Å². The molecule has 1 aromatic rings. The summed E-state index contributed by atoms with van der Waals surface area (Å²) in [5.41, 5.74) is 1.68. The summed E-state index contributed by atoms with van der Waals surface area (Å²) in [5.74, 6) is -4.92. The molecular weight excluding hydrogens is 534 g/mol. The van der Waals surface area contributed by atoms with Gasteiger partial charge in [0.2, 0.25) is 0 Å². The third-order valence-electron chi connectivity index (χ3n) is 6.61. The molecule has 7 nitrogen and oxygen atoms in total. The van der Waals surface area contributed by atoms with Crippen molar-refractivity contribution in [3.8, 4) is 5.75 Å². The van der Waals surface area contributed by atoms with Gasteiger partial charge in [-0.1, -0.05) is 27.6 Å². The molecule has 1 aromatic carbocycles. The van der Waals surface area contributed by atoms with E-state index in [1.807, 2.05) is 6.08 Å². The lowest BCUT2D eigenvalue weighted by Crippen LogP contribution is -2.39. The summed E-state index contributed by atoms with van der Waals surface area (Å²) >= 11 is 6.54. The number of ketones is 2. The van der Waals surface area contributed by atoms with Crippen molar-refractivity contribution in [1.29, 1.82) is 0 Å². The van der Waals surface area contributed by atoms with Crippen LogP contribution in [0.15, 0.2) is 56.0 Å². The molecule has 3 aliphatic carbocycles. The van der Waals surface area contributed by atoms with Crippen LogP contribution in [0.3, 0.4) is 0 Å². The van der Waals surface area contributed by atoms with Crippen LogP contribution in [-0.2, 0) is 19.2 Å². The van der Waals surface area contributed by atoms with Gasteiger partial charge in [0.15, 0.2) is 11.6 Å². The minimum absolute atomic E-state index is 0.0461. The van der Waals surface area contributed by atoms with Gasteiger partial charge in [-0.2, -0.15) is 5.06 Å². The summed E-state index contributed by atoms with van der Waals surface area (Å²) in [6, 6.07) is 4.84. The van der Waals surface area contributed by atoms with E-state index in [9.17, 15) is 29.5 Å². The van der Waals surface area contributed by atoms with Gasteiger partial charge in [-0.3, -0.25) is 24.4 Å². The quantitative estimate of drug-likeness (QED) is 0.241. The number of amides is 2. The molecule has 0 unspecified atom stereocenters.